The van der Waals surface area contributed by atoms with Crippen LogP contribution in [-0.2, 0) is 8.85 Å². The highest BCUT2D eigenvalue weighted by molar-refractivity contribution is 6.53. The second-order valence-corrected chi connectivity index (χ2v) is 5.04. The fourth-order valence-electron chi connectivity index (χ4n) is 0.837. The van der Waals surface area contributed by atoms with E-state index >= 15 is 0 Å². The average molecular weight is 188 g/mol. The Kier molecular flexibility index (Phi) is 6.33. The van der Waals surface area contributed by atoms with Crippen molar-refractivity contribution < 1.29 is 8.85 Å². The third-order valence-electron chi connectivity index (χ3n) is 1.68. The van der Waals surface area contributed by atoms with Crippen molar-refractivity contribution in [2.24, 2.45) is 5.92 Å². The largest absolute Gasteiger partial charge is 0.394 e. The Morgan fingerprint density at radius 2 is 1.67 bits per heavy atom. The van der Waals surface area contributed by atoms with Gasteiger partial charge in [-0.1, -0.05) is 20.4 Å². The normalized spacial score (nSPS) is 11.2. The van der Waals surface area contributed by atoms with E-state index in [1.54, 1.807) is 0 Å². The first kappa shape index (κ1) is 11.9. The molecule has 0 saturated heterocycles. The molecule has 0 N–H and O–H groups in total. The predicted molar refractivity (Wildman–Crippen MR) is 54.4 cm³/mol. The van der Waals surface area contributed by atoms with Gasteiger partial charge in [0.05, 0.1) is 0 Å². The fourth-order valence-corrected chi connectivity index (χ4v) is 2.51. The van der Waals surface area contributed by atoms with E-state index in [1.807, 2.05) is 13.8 Å². The van der Waals surface area contributed by atoms with Crippen molar-refractivity contribution >= 4 is 9.28 Å². The molecule has 0 fully saturated rings. The summed E-state index contributed by atoms with van der Waals surface area (Å²) in [4.78, 5) is 0. The van der Waals surface area contributed by atoms with E-state index in [-0.39, 0.29) is 0 Å². The quantitative estimate of drug-likeness (QED) is 0.594. The van der Waals surface area contributed by atoms with E-state index in [2.05, 4.69) is 20.4 Å². The Hall–Kier alpha value is -0.123. The Morgan fingerprint density at radius 3 is 1.92 bits per heavy atom. The molecule has 0 rings (SSSR count). The van der Waals surface area contributed by atoms with Gasteiger partial charge in [-0.2, -0.15) is 0 Å². The van der Waals surface area contributed by atoms with Gasteiger partial charge in [0, 0.05) is 13.2 Å². The lowest BCUT2D eigenvalue weighted by Crippen LogP contribution is -2.28. The summed E-state index contributed by atoms with van der Waals surface area (Å²) in [6.07, 6.45) is 0. The average Bonchev–Trinajstić information content (AvgIpc) is 2.03. The Balaban J connectivity index is 3.99. The minimum Gasteiger partial charge on any atom is -0.394 e. The van der Waals surface area contributed by atoms with Crippen LogP contribution in [0.15, 0.2) is 11.8 Å². The SMILES string of the molecule is C=C(C(C)C)[SiH](OCC)OCC. The highest BCUT2D eigenvalue weighted by Gasteiger charge is 2.18. The lowest BCUT2D eigenvalue weighted by atomic mass is 10.2. The topological polar surface area (TPSA) is 18.5 Å². The van der Waals surface area contributed by atoms with E-state index in [0.29, 0.717) is 5.92 Å². The molecule has 72 valence electrons. The summed E-state index contributed by atoms with van der Waals surface area (Å²) in [6, 6.07) is 0. The maximum Gasteiger partial charge on any atom is 0.351 e. The minimum atomic E-state index is -1.58. The molecular formula is C9H20O2Si. The first-order valence-corrected chi connectivity index (χ1v) is 6.07. The molecule has 0 aliphatic heterocycles. The van der Waals surface area contributed by atoms with E-state index in [4.69, 9.17) is 8.85 Å². The molecule has 0 saturated carbocycles. The van der Waals surface area contributed by atoms with Crippen molar-refractivity contribution in [3.05, 3.63) is 11.8 Å². The molecule has 12 heavy (non-hydrogen) atoms. The summed E-state index contributed by atoms with van der Waals surface area (Å²) in [6.45, 7) is 13.7. The van der Waals surface area contributed by atoms with Crippen molar-refractivity contribution in [2.75, 3.05) is 13.2 Å². The van der Waals surface area contributed by atoms with Crippen molar-refractivity contribution in [3.8, 4) is 0 Å². The van der Waals surface area contributed by atoms with E-state index in [0.717, 1.165) is 18.4 Å². The van der Waals surface area contributed by atoms with Crippen LogP contribution in [-0.4, -0.2) is 22.5 Å². The maximum atomic E-state index is 5.52. The molecule has 0 aliphatic carbocycles. The standard InChI is InChI=1S/C9H20O2Si/c1-6-10-12(11-7-2)9(5)8(3)4/h8,12H,5-7H2,1-4H3. The zero-order valence-corrected chi connectivity index (χ0v) is 9.75. The zero-order chi connectivity index (χ0) is 9.56. The maximum absolute atomic E-state index is 5.52. The molecule has 0 aliphatic rings. The highest BCUT2D eigenvalue weighted by atomic mass is 28.3. The van der Waals surface area contributed by atoms with Gasteiger partial charge in [-0.15, -0.1) is 0 Å². The summed E-state index contributed by atoms with van der Waals surface area (Å²) in [5.41, 5.74) is 0. The molecule has 0 unspecified atom stereocenters. The van der Waals surface area contributed by atoms with Crippen LogP contribution < -0.4 is 0 Å². The molecule has 0 heterocycles. The van der Waals surface area contributed by atoms with Crippen LogP contribution in [0.1, 0.15) is 27.7 Å². The molecule has 0 radical (unpaired) electrons. The van der Waals surface area contributed by atoms with Crippen molar-refractivity contribution in [1.82, 2.24) is 0 Å². The summed E-state index contributed by atoms with van der Waals surface area (Å²) in [5.74, 6) is 0.472. The minimum absolute atomic E-state index is 0.472. The highest BCUT2D eigenvalue weighted by Crippen LogP contribution is 2.12. The summed E-state index contributed by atoms with van der Waals surface area (Å²) in [5, 5.41) is 1.15. The van der Waals surface area contributed by atoms with Gasteiger partial charge in [0.2, 0.25) is 0 Å². The molecule has 2 nitrogen and oxygen atoms in total. The van der Waals surface area contributed by atoms with E-state index < -0.39 is 9.28 Å². The third kappa shape index (κ3) is 4.04. The van der Waals surface area contributed by atoms with Crippen molar-refractivity contribution in [2.45, 2.75) is 27.7 Å². The first-order chi connectivity index (χ1) is 5.63. The number of rotatable bonds is 6. The molecular weight excluding hydrogens is 168 g/mol. The molecule has 0 amide bonds. The fraction of sp³-hybridized carbons (Fsp3) is 0.778. The summed E-state index contributed by atoms with van der Waals surface area (Å²) >= 11 is 0. The molecule has 0 atom stereocenters. The zero-order valence-electron chi connectivity index (χ0n) is 8.59. The van der Waals surface area contributed by atoms with Gasteiger partial charge in [0.15, 0.2) is 0 Å². The van der Waals surface area contributed by atoms with Gasteiger partial charge in [-0.05, 0) is 25.0 Å². The van der Waals surface area contributed by atoms with Crippen molar-refractivity contribution in [1.29, 1.82) is 0 Å². The van der Waals surface area contributed by atoms with Crippen LogP contribution in [0.3, 0.4) is 0 Å². The van der Waals surface area contributed by atoms with Crippen LogP contribution >= 0.6 is 0 Å². The van der Waals surface area contributed by atoms with Crippen LogP contribution in [0.2, 0.25) is 0 Å². The second-order valence-electron chi connectivity index (χ2n) is 2.97. The van der Waals surface area contributed by atoms with Gasteiger partial charge in [0.25, 0.3) is 0 Å². The van der Waals surface area contributed by atoms with Gasteiger partial charge >= 0.3 is 9.28 Å². The number of hydrogen-bond acceptors (Lipinski definition) is 2. The Morgan fingerprint density at radius 1 is 1.25 bits per heavy atom. The van der Waals surface area contributed by atoms with E-state index in [9.17, 15) is 0 Å². The first-order valence-electron chi connectivity index (χ1n) is 4.55. The van der Waals surface area contributed by atoms with Crippen LogP contribution in [0.25, 0.3) is 0 Å². The predicted octanol–water partition coefficient (Wildman–Crippen LogP) is 2.03. The molecule has 0 bridgehead atoms. The Bertz CT molecular complexity index is 128. The lowest BCUT2D eigenvalue weighted by molar-refractivity contribution is 0.219. The van der Waals surface area contributed by atoms with Crippen LogP contribution in [0.4, 0.5) is 0 Å². The summed E-state index contributed by atoms with van der Waals surface area (Å²) < 4.78 is 11.0. The van der Waals surface area contributed by atoms with Gasteiger partial charge in [0.1, 0.15) is 0 Å². The van der Waals surface area contributed by atoms with Gasteiger partial charge < -0.3 is 8.85 Å². The molecule has 0 spiro atoms. The smallest absolute Gasteiger partial charge is 0.351 e. The van der Waals surface area contributed by atoms with Crippen LogP contribution in [0, 0.1) is 5.92 Å². The number of hydrogen-bond donors (Lipinski definition) is 0. The molecule has 0 aromatic heterocycles. The number of allylic oxidation sites excluding steroid dienone is 1. The monoisotopic (exact) mass is 188 g/mol. The Labute approximate surface area is 77.4 Å². The van der Waals surface area contributed by atoms with Gasteiger partial charge in [-0.25, -0.2) is 0 Å². The molecule has 3 heteroatoms. The lowest BCUT2D eigenvalue weighted by Gasteiger charge is -2.19. The molecule has 0 aromatic rings. The van der Waals surface area contributed by atoms with E-state index in [1.165, 1.54) is 0 Å². The van der Waals surface area contributed by atoms with Crippen LogP contribution in [0.5, 0.6) is 0 Å². The van der Waals surface area contributed by atoms with Crippen molar-refractivity contribution in [3.63, 3.8) is 0 Å². The third-order valence-corrected chi connectivity index (χ3v) is 4.22. The second kappa shape index (κ2) is 6.40. The molecule has 0 aromatic carbocycles. The van der Waals surface area contributed by atoms with Gasteiger partial charge in [-0.3, -0.25) is 0 Å². The summed E-state index contributed by atoms with van der Waals surface area (Å²) in [7, 11) is -1.58.